The van der Waals surface area contributed by atoms with Crippen LogP contribution >= 0.6 is 11.6 Å². The molecule has 0 saturated carbocycles. The summed E-state index contributed by atoms with van der Waals surface area (Å²) in [5, 5.41) is 0.708. The summed E-state index contributed by atoms with van der Waals surface area (Å²) < 4.78 is 5.40. The van der Waals surface area contributed by atoms with Crippen LogP contribution in [0, 0.1) is 0 Å². The van der Waals surface area contributed by atoms with Crippen LogP contribution in [0.4, 0.5) is 0 Å². The lowest BCUT2D eigenvalue weighted by Crippen LogP contribution is -2.20. The Kier molecular flexibility index (Phi) is 3.06. The number of rotatable bonds is 2. The van der Waals surface area contributed by atoms with E-state index in [1.54, 1.807) is 7.11 Å². The van der Waals surface area contributed by atoms with Gasteiger partial charge in [-0.15, -0.1) is 0 Å². The fraction of sp³-hybridized carbons (Fsp3) is 0.286. The number of allylic oxidation sites excluding steroid dienone is 4. The van der Waals surface area contributed by atoms with Gasteiger partial charge in [-0.3, -0.25) is 0 Å². The molecule has 0 aliphatic heterocycles. The first kappa shape index (κ1) is 11.3. The fourth-order valence-electron chi connectivity index (χ4n) is 2.06. The Labute approximate surface area is 101 Å². The number of halogens is 1. The predicted molar refractivity (Wildman–Crippen MR) is 68.3 cm³/mol. The van der Waals surface area contributed by atoms with Gasteiger partial charge in [-0.1, -0.05) is 48.9 Å². The number of methoxy groups -OCH3 is 1. The number of benzene rings is 1. The maximum absolute atomic E-state index is 5.97. The summed E-state index contributed by atoms with van der Waals surface area (Å²) in [7, 11) is 1.68. The topological polar surface area (TPSA) is 9.23 Å². The van der Waals surface area contributed by atoms with Gasteiger partial charge < -0.3 is 4.74 Å². The third-order valence-electron chi connectivity index (χ3n) is 3.03. The van der Waals surface area contributed by atoms with Gasteiger partial charge in [0.15, 0.2) is 0 Å². The molecular weight excluding hydrogens is 220 g/mol. The van der Waals surface area contributed by atoms with E-state index in [1.807, 2.05) is 18.2 Å². The highest BCUT2D eigenvalue weighted by Gasteiger charge is 2.26. The lowest BCUT2D eigenvalue weighted by molar-refractivity contribution is 0.399. The largest absolute Gasteiger partial charge is 0.496 e. The normalized spacial score (nSPS) is 23.4. The standard InChI is InChI=1S/C14H15ClO/c1-14(8-4-3-5-9-14)12-7-6-11(15)10-13(12)16-2/h3-8,10H,9H2,1-2H3. The Balaban J connectivity index is 2.47. The summed E-state index contributed by atoms with van der Waals surface area (Å²) in [5.41, 5.74) is 1.19. The van der Waals surface area contributed by atoms with Crippen molar-refractivity contribution in [2.75, 3.05) is 7.11 Å². The molecule has 0 spiro atoms. The Morgan fingerprint density at radius 1 is 1.31 bits per heavy atom. The minimum Gasteiger partial charge on any atom is -0.496 e. The highest BCUT2D eigenvalue weighted by Crippen LogP contribution is 2.38. The summed E-state index contributed by atoms with van der Waals surface area (Å²) in [6.45, 7) is 2.21. The SMILES string of the molecule is COc1cc(Cl)ccc1C1(C)C=CC=CC1. The van der Waals surface area contributed by atoms with Gasteiger partial charge in [0.1, 0.15) is 5.75 Å². The Bertz CT molecular complexity index is 448. The minimum absolute atomic E-state index is 0.00465. The maximum Gasteiger partial charge on any atom is 0.124 e. The molecule has 2 rings (SSSR count). The van der Waals surface area contributed by atoms with E-state index in [1.165, 1.54) is 5.56 Å². The molecule has 84 valence electrons. The van der Waals surface area contributed by atoms with Gasteiger partial charge in [-0.25, -0.2) is 0 Å². The second kappa shape index (κ2) is 4.34. The van der Waals surface area contributed by atoms with Gasteiger partial charge in [0.25, 0.3) is 0 Å². The molecule has 1 nitrogen and oxygen atoms in total. The molecule has 1 atom stereocenters. The second-order valence-electron chi connectivity index (χ2n) is 4.25. The summed E-state index contributed by atoms with van der Waals surface area (Å²) in [6, 6.07) is 5.83. The van der Waals surface area contributed by atoms with E-state index in [0.29, 0.717) is 5.02 Å². The zero-order valence-corrected chi connectivity index (χ0v) is 10.3. The highest BCUT2D eigenvalue weighted by atomic mass is 35.5. The van der Waals surface area contributed by atoms with Crippen molar-refractivity contribution in [3.63, 3.8) is 0 Å². The lowest BCUT2D eigenvalue weighted by Gasteiger charge is -2.28. The highest BCUT2D eigenvalue weighted by molar-refractivity contribution is 6.30. The quantitative estimate of drug-likeness (QED) is 0.748. The van der Waals surface area contributed by atoms with Crippen molar-refractivity contribution in [3.8, 4) is 5.75 Å². The van der Waals surface area contributed by atoms with Crippen LogP contribution < -0.4 is 4.74 Å². The van der Waals surface area contributed by atoms with E-state index in [0.717, 1.165) is 12.2 Å². The second-order valence-corrected chi connectivity index (χ2v) is 4.69. The maximum atomic E-state index is 5.97. The summed E-state index contributed by atoms with van der Waals surface area (Å²) in [4.78, 5) is 0. The van der Waals surface area contributed by atoms with E-state index >= 15 is 0 Å². The first-order valence-corrected chi connectivity index (χ1v) is 5.72. The molecule has 1 unspecified atom stereocenters. The van der Waals surface area contributed by atoms with Gasteiger partial charge in [-0.05, 0) is 18.6 Å². The number of hydrogen-bond donors (Lipinski definition) is 0. The summed E-state index contributed by atoms with van der Waals surface area (Å²) in [5.74, 6) is 0.856. The summed E-state index contributed by atoms with van der Waals surface area (Å²) in [6.07, 6.45) is 9.52. The average Bonchev–Trinajstić information content (AvgIpc) is 2.29. The molecule has 0 N–H and O–H groups in total. The fourth-order valence-corrected chi connectivity index (χ4v) is 2.23. The van der Waals surface area contributed by atoms with Crippen molar-refractivity contribution >= 4 is 11.6 Å². The molecular formula is C14H15ClO. The molecule has 16 heavy (non-hydrogen) atoms. The van der Waals surface area contributed by atoms with E-state index in [9.17, 15) is 0 Å². The van der Waals surface area contributed by atoms with E-state index in [-0.39, 0.29) is 5.41 Å². The molecule has 1 aromatic rings. The first-order valence-electron chi connectivity index (χ1n) is 5.34. The van der Waals surface area contributed by atoms with Gasteiger partial charge in [0.05, 0.1) is 7.11 Å². The van der Waals surface area contributed by atoms with E-state index in [2.05, 4.69) is 31.2 Å². The van der Waals surface area contributed by atoms with Crippen LogP contribution in [-0.2, 0) is 5.41 Å². The van der Waals surface area contributed by atoms with E-state index < -0.39 is 0 Å². The third-order valence-corrected chi connectivity index (χ3v) is 3.27. The van der Waals surface area contributed by atoms with E-state index in [4.69, 9.17) is 16.3 Å². The van der Waals surface area contributed by atoms with Gasteiger partial charge in [0, 0.05) is 16.0 Å². The van der Waals surface area contributed by atoms with Crippen LogP contribution in [0.1, 0.15) is 18.9 Å². The molecule has 0 amide bonds. The molecule has 0 heterocycles. The molecule has 0 aromatic heterocycles. The van der Waals surface area contributed by atoms with Crippen LogP contribution in [0.3, 0.4) is 0 Å². The zero-order chi connectivity index (χ0) is 11.6. The lowest BCUT2D eigenvalue weighted by atomic mass is 9.77. The Morgan fingerprint density at radius 2 is 2.12 bits per heavy atom. The predicted octanol–water partition coefficient (Wildman–Crippen LogP) is 4.12. The third kappa shape index (κ3) is 2.00. The van der Waals surface area contributed by atoms with Gasteiger partial charge >= 0.3 is 0 Å². The first-order chi connectivity index (χ1) is 7.65. The van der Waals surface area contributed by atoms with Crippen LogP contribution in [0.5, 0.6) is 5.75 Å². The zero-order valence-electron chi connectivity index (χ0n) is 9.53. The van der Waals surface area contributed by atoms with Crippen molar-refractivity contribution in [2.24, 2.45) is 0 Å². The van der Waals surface area contributed by atoms with Gasteiger partial charge in [-0.2, -0.15) is 0 Å². The van der Waals surface area contributed by atoms with Crippen molar-refractivity contribution in [1.29, 1.82) is 0 Å². The van der Waals surface area contributed by atoms with Crippen molar-refractivity contribution in [3.05, 3.63) is 53.1 Å². The monoisotopic (exact) mass is 234 g/mol. The smallest absolute Gasteiger partial charge is 0.124 e. The van der Waals surface area contributed by atoms with Crippen LogP contribution in [0.15, 0.2) is 42.5 Å². The average molecular weight is 235 g/mol. The summed E-state index contributed by atoms with van der Waals surface area (Å²) >= 11 is 5.97. The molecule has 1 aliphatic carbocycles. The van der Waals surface area contributed by atoms with Crippen molar-refractivity contribution in [1.82, 2.24) is 0 Å². The molecule has 1 aliphatic rings. The van der Waals surface area contributed by atoms with Crippen LogP contribution in [0.25, 0.3) is 0 Å². The minimum atomic E-state index is 0.00465. The van der Waals surface area contributed by atoms with Gasteiger partial charge in [0.2, 0.25) is 0 Å². The molecule has 1 aromatic carbocycles. The molecule has 0 bridgehead atoms. The van der Waals surface area contributed by atoms with Crippen LogP contribution in [-0.4, -0.2) is 7.11 Å². The molecule has 0 saturated heterocycles. The molecule has 0 fully saturated rings. The van der Waals surface area contributed by atoms with Crippen LogP contribution in [0.2, 0.25) is 5.02 Å². The Morgan fingerprint density at radius 3 is 2.75 bits per heavy atom. The molecule has 0 radical (unpaired) electrons. The molecule has 2 heteroatoms. The van der Waals surface area contributed by atoms with Crippen molar-refractivity contribution < 1.29 is 4.74 Å². The van der Waals surface area contributed by atoms with Crippen molar-refractivity contribution in [2.45, 2.75) is 18.8 Å². The number of hydrogen-bond acceptors (Lipinski definition) is 1. The number of ether oxygens (including phenoxy) is 1. The Hall–Kier alpha value is -1.21.